The van der Waals surface area contributed by atoms with Crippen LogP contribution in [0.25, 0.3) is 0 Å². The van der Waals surface area contributed by atoms with Gasteiger partial charge in [-0.05, 0) is 19.3 Å². The van der Waals surface area contributed by atoms with Crippen LogP contribution in [-0.4, -0.2) is 46.9 Å². The van der Waals surface area contributed by atoms with Gasteiger partial charge in [0.05, 0.1) is 0 Å². The molecular weight excluding hydrogens is 278 g/mol. The molecule has 4 N–H and O–H groups in total. The maximum atomic E-state index is 12.0. The van der Waals surface area contributed by atoms with Gasteiger partial charge in [0.25, 0.3) is 0 Å². The van der Waals surface area contributed by atoms with Crippen molar-refractivity contribution in [3.8, 4) is 0 Å². The molecule has 0 aliphatic carbocycles. The first kappa shape index (κ1) is 16.9. The molecule has 118 valence electrons. The minimum absolute atomic E-state index is 0.194. The predicted molar refractivity (Wildman–Crippen MR) is 73.2 cm³/mol. The first-order valence-electron chi connectivity index (χ1n) is 6.85. The average Bonchev–Trinajstić information content (AvgIpc) is 2.81. The molecule has 8 nitrogen and oxygen atoms in total. The van der Waals surface area contributed by atoms with Gasteiger partial charge < -0.3 is 21.1 Å². The molecule has 0 aromatic rings. The third-order valence-electron chi connectivity index (χ3n) is 3.29. The van der Waals surface area contributed by atoms with Crippen molar-refractivity contribution in [1.82, 2.24) is 16.0 Å². The number of aliphatic carboxylic acids is 1. The van der Waals surface area contributed by atoms with E-state index in [4.69, 9.17) is 5.11 Å². The summed E-state index contributed by atoms with van der Waals surface area (Å²) in [6, 6.07) is -2.53. The number of carbonyl (C=O) groups excluding carboxylic acids is 3. The van der Waals surface area contributed by atoms with Gasteiger partial charge in [0.15, 0.2) is 0 Å². The second kappa shape index (κ2) is 7.05. The van der Waals surface area contributed by atoms with E-state index in [2.05, 4.69) is 16.0 Å². The van der Waals surface area contributed by atoms with E-state index in [9.17, 15) is 19.2 Å². The maximum absolute atomic E-state index is 12.0. The van der Waals surface area contributed by atoms with Gasteiger partial charge in [-0.2, -0.15) is 0 Å². The molecule has 0 spiro atoms. The minimum Gasteiger partial charge on any atom is -0.480 e. The Morgan fingerprint density at radius 1 is 1.24 bits per heavy atom. The molecule has 8 heteroatoms. The number of hydrogen-bond acceptors (Lipinski definition) is 4. The Labute approximate surface area is 122 Å². The summed E-state index contributed by atoms with van der Waals surface area (Å²) in [5, 5.41) is 16.2. The molecule has 1 fully saturated rings. The van der Waals surface area contributed by atoms with E-state index in [1.54, 1.807) is 13.8 Å². The molecule has 0 unspecified atom stereocenters. The van der Waals surface area contributed by atoms with Gasteiger partial charge in [-0.3, -0.25) is 19.2 Å². The Kier molecular flexibility index (Phi) is 5.69. The maximum Gasteiger partial charge on any atom is 0.325 e. The molecule has 1 heterocycles. The van der Waals surface area contributed by atoms with Crippen LogP contribution < -0.4 is 16.0 Å². The molecule has 0 bridgehead atoms. The van der Waals surface area contributed by atoms with Gasteiger partial charge in [-0.15, -0.1) is 0 Å². The highest BCUT2D eigenvalue weighted by Crippen LogP contribution is 2.09. The zero-order valence-corrected chi connectivity index (χ0v) is 12.3. The first-order chi connectivity index (χ1) is 9.72. The fraction of sp³-hybridized carbons (Fsp3) is 0.692. The van der Waals surface area contributed by atoms with Crippen LogP contribution in [0.15, 0.2) is 0 Å². The number of carboxylic acid groups (broad SMARTS) is 1. The Hall–Kier alpha value is -2.12. The van der Waals surface area contributed by atoms with Crippen LogP contribution in [-0.2, 0) is 19.2 Å². The quantitative estimate of drug-likeness (QED) is 0.500. The smallest absolute Gasteiger partial charge is 0.325 e. The molecule has 3 amide bonds. The van der Waals surface area contributed by atoms with Gasteiger partial charge in [-0.25, -0.2) is 0 Å². The van der Waals surface area contributed by atoms with Gasteiger partial charge in [0.1, 0.15) is 18.1 Å². The Morgan fingerprint density at radius 3 is 2.29 bits per heavy atom. The molecule has 1 saturated heterocycles. The normalized spacial score (nSPS) is 20.6. The van der Waals surface area contributed by atoms with E-state index < -0.39 is 35.9 Å². The monoisotopic (exact) mass is 299 g/mol. The highest BCUT2D eigenvalue weighted by Gasteiger charge is 2.32. The van der Waals surface area contributed by atoms with Crippen molar-refractivity contribution < 1.29 is 24.3 Å². The molecule has 21 heavy (non-hydrogen) atoms. The van der Waals surface area contributed by atoms with Gasteiger partial charge in [-0.1, -0.05) is 13.8 Å². The highest BCUT2D eigenvalue weighted by molar-refractivity contribution is 5.94. The molecule has 0 aromatic carbocycles. The van der Waals surface area contributed by atoms with Crippen molar-refractivity contribution in [2.24, 2.45) is 5.92 Å². The summed E-state index contributed by atoms with van der Waals surface area (Å²) in [4.78, 5) is 45.9. The van der Waals surface area contributed by atoms with E-state index in [0.717, 1.165) is 0 Å². The minimum atomic E-state index is -1.15. The zero-order chi connectivity index (χ0) is 16.2. The van der Waals surface area contributed by atoms with Crippen molar-refractivity contribution in [3.63, 3.8) is 0 Å². The van der Waals surface area contributed by atoms with Gasteiger partial charge in [0.2, 0.25) is 17.7 Å². The van der Waals surface area contributed by atoms with Crippen LogP contribution >= 0.6 is 0 Å². The van der Waals surface area contributed by atoms with Crippen LogP contribution in [0.1, 0.15) is 33.6 Å². The average molecular weight is 299 g/mol. The highest BCUT2D eigenvalue weighted by atomic mass is 16.4. The number of hydrogen-bond donors (Lipinski definition) is 4. The second-order valence-electron chi connectivity index (χ2n) is 5.46. The van der Waals surface area contributed by atoms with Crippen LogP contribution in [0.5, 0.6) is 0 Å². The van der Waals surface area contributed by atoms with E-state index in [-0.39, 0.29) is 18.2 Å². The third-order valence-corrected chi connectivity index (χ3v) is 3.29. The van der Waals surface area contributed by atoms with Gasteiger partial charge >= 0.3 is 5.97 Å². The fourth-order valence-electron chi connectivity index (χ4n) is 1.96. The summed E-state index contributed by atoms with van der Waals surface area (Å²) >= 11 is 0. The van der Waals surface area contributed by atoms with Gasteiger partial charge in [0, 0.05) is 6.42 Å². The number of carboxylic acids is 1. The summed E-state index contributed by atoms with van der Waals surface area (Å²) in [5.74, 6) is -2.55. The van der Waals surface area contributed by atoms with Crippen LogP contribution in [0.4, 0.5) is 0 Å². The zero-order valence-electron chi connectivity index (χ0n) is 12.3. The van der Waals surface area contributed by atoms with Crippen molar-refractivity contribution >= 4 is 23.7 Å². The SMILES string of the molecule is CC(C)[C@H](NC(=O)[C@@H]1CCC(=O)N1)C(=O)N[C@@H](C)C(=O)O. The predicted octanol–water partition coefficient (Wildman–Crippen LogP) is -1.00. The molecule has 1 aliphatic rings. The number of amides is 3. The van der Waals surface area contributed by atoms with E-state index >= 15 is 0 Å². The van der Waals surface area contributed by atoms with Crippen molar-refractivity contribution in [3.05, 3.63) is 0 Å². The third kappa shape index (κ3) is 4.73. The fourth-order valence-corrected chi connectivity index (χ4v) is 1.96. The molecule has 1 rings (SSSR count). The molecular formula is C13H21N3O5. The van der Waals surface area contributed by atoms with Crippen LogP contribution in [0.2, 0.25) is 0 Å². The summed E-state index contributed by atoms with van der Waals surface area (Å²) in [5.41, 5.74) is 0. The molecule has 0 aromatic heterocycles. The largest absolute Gasteiger partial charge is 0.480 e. The van der Waals surface area contributed by atoms with E-state index in [1.807, 2.05) is 0 Å². The standard InChI is InChI=1S/C13H21N3O5/c1-6(2)10(12(19)14-7(3)13(20)21)16-11(18)8-4-5-9(17)15-8/h6-8,10H,4-5H2,1-3H3,(H,14,19)(H,15,17)(H,16,18)(H,20,21)/t7-,8-,10-/m0/s1. The number of rotatable bonds is 6. The summed E-state index contributed by atoms with van der Waals surface area (Å²) in [6.45, 7) is 4.82. The van der Waals surface area contributed by atoms with Crippen molar-refractivity contribution in [2.45, 2.75) is 51.7 Å². The summed E-state index contributed by atoms with van der Waals surface area (Å²) in [7, 11) is 0. The summed E-state index contributed by atoms with van der Waals surface area (Å²) < 4.78 is 0. The van der Waals surface area contributed by atoms with Crippen LogP contribution in [0.3, 0.4) is 0 Å². The molecule has 0 saturated carbocycles. The summed E-state index contributed by atoms with van der Waals surface area (Å²) in [6.07, 6.45) is 0.676. The lowest BCUT2D eigenvalue weighted by Gasteiger charge is -2.24. The lowest BCUT2D eigenvalue weighted by molar-refractivity contribution is -0.142. The van der Waals surface area contributed by atoms with E-state index in [1.165, 1.54) is 6.92 Å². The lowest BCUT2D eigenvalue weighted by Crippen LogP contribution is -2.55. The lowest BCUT2D eigenvalue weighted by atomic mass is 10.0. The van der Waals surface area contributed by atoms with Crippen molar-refractivity contribution in [2.75, 3.05) is 0 Å². The topological polar surface area (TPSA) is 125 Å². The number of carbonyl (C=O) groups is 4. The second-order valence-corrected chi connectivity index (χ2v) is 5.46. The molecule has 0 radical (unpaired) electrons. The molecule has 3 atom stereocenters. The van der Waals surface area contributed by atoms with E-state index in [0.29, 0.717) is 6.42 Å². The Morgan fingerprint density at radius 2 is 1.86 bits per heavy atom. The number of nitrogens with one attached hydrogen (secondary N) is 3. The molecule has 1 aliphatic heterocycles. The first-order valence-corrected chi connectivity index (χ1v) is 6.85. The van der Waals surface area contributed by atoms with Crippen LogP contribution in [0, 0.1) is 5.92 Å². The Balaban J connectivity index is 2.64. The van der Waals surface area contributed by atoms with Crippen molar-refractivity contribution in [1.29, 1.82) is 0 Å². The Bertz CT molecular complexity index is 449.